The minimum atomic E-state index is -0.400. The quantitative estimate of drug-likeness (QED) is 0.743. The minimum absolute atomic E-state index is 0.329. The third-order valence-corrected chi connectivity index (χ3v) is 3.38. The number of nitrogens with zero attached hydrogens (tertiary/aromatic N) is 2. The van der Waals surface area contributed by atoms with Gasteiger partial charge in [0.15, 0.2) is 0 Å². The van der Waals surface area contributed by atoms with Crippen LogP contribution in [-0.4, -0.2) is 15.9 Å². The number of carbonyl (C=O) groups excluding carboxylic acids is 1. The molecule has 0 aliphatic heterocycles. The molecule has 0 spiro atoms. The molecule has 2 N–H and O–H groups in total. The summed E-state index contributed by atoms with van der Waals surface area (Å²) >= 11 is 5.84. The van der Waals surface area contributed by atoms with Crippen molar-refractivity contribution in [2.24, 2.45) is 0 Å². The second kappa shape index (κ2) is 7.06. The summed E-state index contributed by atoms with van der Waals surface area (Å²) in [5, 5.41) is 6.36. The normalized spacial score (nSPS) is 10.2. The van der Waals surface area contributed by atoms with E-state index in [-0.39, 0.29) is 5.91 Å². The van der Waals surface area contributed by atoms with Crippen molar-refractivity contribution in [2.75, 3.05) is 10.6 Å². The highest BCUT2D eigenvalue weighted by Gasteiger charge is 2.08. The number of rotatable bonds is 4. The molecule has 0 saturated carbocycles. The molecule has 0 bridgehead atoms. The zero-order valence-corrected chi connectivity index (χ0v) is 13.1. The highest BCUT2D eigenvalue weighted by Crippen LogP contribution is 2.19. The van der Waals surface area contributed by atoms with Gasteiger partial charge in [-0.25, -0.2) is 14.4 Å². The van der Waals surface area contributed by atoms with Crippen molar-refractivity contribution in [3.63, 3.8) is 0 Å². The van der Waals surface area contributed by atoms with Gasteiger partial charge < -0.3 is 10.6 Å². The Bertz CT molecular complexity index is 853. The third kappa shape index (κ3) is 4.05. The molecule has 0 saturated heterocycles. The molecule has 5 nitrogen and oxygen atoms in total. The first kappa shape index (κ1) is 15.9. The number of carbonyl (C=O) groups is 1. The van der Waals surface area contributed by atoms with Gasteiger partial charge in [0.05, 0.1) is 0 Å². The maximum atomic E-state index is 12.9. The number of halogens is 2. The molecule has 0 radical (unpaired) electrons. The predicted molar refractivity (Wildman–Crippen MR) is 91.1 cm³/mol. The number of nitrogens with one attached hydrogen (secondary N) is 2. The van der Waals surface area contributed by atoms with Crippen LogP contribution < -0.4 is 10.6 Å². The number of anilines is 3. The number of aromatic nitrogens is 2. The van der Waals surface area contributed by atoms with Crippen molar-refractivity contribution >= 4 is 34.8 Å². The second-order valence-electron chi connectivity index (χ2n) is 4.88. The summed E-state index contributed by atoms with van der Waals surface area (Å²) in [6.07, 6.45) is 1.33. The number of hydrogen-bond donors (Lipinski definition) is 2. The summed E-state index contributed by atoms with van der Waals surface area (Å²) in [6.45, 7) is 0. The molecule has 120 valence electrons. The van der Waals surface area contributed by atoms with E-state index in [1.54, 1.807) is 30.3 Å². The van der Waals surface area contributed by atoms with Gasteiger partial charge >= 0.3 is 0 Å². The van der Waals surface area contributed by atoms with Gasteiger partial charge in [-0.05, 0) is 48.5 Å². The van der Waals surface area contributed by atoms with Gasteiger partial charge in [-0.15, -0.1) is 0 Å². The maximum absolute atomic E-state index is 12.9. The summed E-state index contributed by atoms with van der Waals surface area (Å²) in [6, 6.07) is 14.0. The predicted octanol–water partition coefficient (Wildman–Crippen LogP) is 4.27. The molecular weight excluding hydrogens is 331 g/mol. The molecule has 1 amide bonds. The van der Waals surface area contributed by atoms with Crippen molar-refractivity contribution in [1.29, 1.82) is 0 Å². The molecule has 3 rings (SSSR count). The standard InChI is InChI=1S/C17H12ClFN4O/c18-12-3-7-14(8-4-12)22-15-9-16(21-10-20-15)23-17(24)11-1-5-13(19)6-2-11/h1-10H,(H2,20,21,22,23,24). The lowest BCUT2D eigenvalue weighted by Crippen LogP contribution is -2.13. The first-order valence-electron chi connectivity index (χ1n) is 7.02. The van der Waals surface area contributed by atoms with E-state index in [0.717, 1.165) is 5.69 Å². The molecule has 0 unspecified atom stereocenters. The zero-order chi connectivity index (χ0) is 16.9. The van der Waals surface area contributed by atoms with Gasteiger partial charge in [0.1, 0.15) is 23.8 Å². The smallest absolute Gasteiger partial charge is 0.256 e. The fourth-order valence-electron chi connectivity index (χ4n) is 1.96. The van der Waals surface area contributed by atoms with Crippen LogP contribution in [-0.2, 0) is 0 Å². The highest BCUT2D eigenvalue weighted by molar-refractivity contribution is 6.30. The van der Waals surface area contributed by atoms with Crippen molar-refractivity contribution < 1.29 is 9.18 Å². The Balaban J connectivity index is 1.71. The fraction of sp³-hybridized carbons (Fsp3) is 0. The van der Waals surface area contributed by atoms with Gasteiger partial charge in [0.25, 0.3) is 5.91 Å². The van der Waals surface area contributed by atoms with E-state index < -0.39 is 5.82 Å². The van der Waals surface area contributed by atoms with Crippen LogP contribution in [0.2, 0.25) is 5.02 Å². The Morgan fingerprint density at radius 1 is 0.958 bits per heavy atom. The molecule has 1 aromatic heterocycles. The monoisotopic (exact) mass is 342 g/mol. The molecule has 0 fully saturated rings. The van der Waals surface area contributed by atoms with Crippen molar-refractivity contribution in [2.45, 2.75) is 0 Å². The van der Waals surface area contributed by atoms with Crippen LogP contribution in [0.4, 0.5) is 21.7 Å². The molecule has 1 heterocycles. The van der Waals surface area contributed by atoms with Crippen LogP contribution in [0.1, 0.15) is 10.4 Å². The maximum Gasteiger partial charge on any atom is 0.256 e. The lowest BCUT2D eigenvalue weighted by atomic mass is 10.2. The summed E-state index contributed by atoms with van der Waals surface area (Å²) in [5.74, 6) is 0.0618. The van der Waals surface area contributed by atoms with Crippen LogP contribution in [0.15, 0.2) is 60.9 Å². The van der Waals surface area contributed by atoms with Gasteiger partial charge in [0.2, 0.25) is 0 Å². The third-order valence-electron chi connectivity index (χ3n) is 3.13. The van der Waals surface area contributed by atoms with E-state index in [4.69, 9.17) is 11.6 Å². The molecule has 7 heteroatoms. The molecular formula is C17H12ClFN4O. The Labute approximate surface area is 142 Å². The Morgan fingerprint density at radius 2 is 1.62 bits per heavy atom. The molecule has 0 aliphatic rings. The van der Waals surface area contributed by atoms with Crippen molar-refractivity contribution in [1.82, 2.24) is 9.97 Å². The van der Waals surface area contributed by atoms with E-state index in [9.17, 15) is 9.18 Å². The Morgan fingerprint density at radius 3 is 2.33 bits per heavy atom. The van der Waals surface area contributed by atoms with Crippen LogP contribution in [0.3, 0.4) is 0 Å². The number of hydrogen-bond acceptors (Lipinski definition) is 4. The van der Waals surface area contributed by atoms with Crippen molar-refractivity contribution in [3.8, 4) is 0 Å². The topological polar surface area (TPSA) is 66.9 Å². The van der Waals surface area contributed by atoms with E-state index in [2.05, 4.69) is 20.6 Å². The highest BCUT2D eigenvalue weighted by atomic mass is 35.5. The SMILES string of the molecule is O=C(Nc1cc(Nc2ccc(Cl)cc2)ncn1)c1ccc(F)cc1. The molecule has 2 aromatic carbocycles. The van der Waals surface area contributed by atoms with E-state index in [0.29, 0.717) is 22.2 Å². The first-order valence-corrected chi connectivity index (χ1v) is 7.39. The lowest BCUT2D eigenvalue weighted by Gasteiger charge is -2.08. The molecule has 0 aliphatic carbocycles. The van der Waals surface area contributed by atoms with Gasteiger partial charge in [-0.3, -0.25) is 4.79 Å². The number of amides is 1. The summed E-state index contributed by atoms with van der Waals surface area (Å²) in [7, 11) is 0. The first-order chi connectivity index (χ1) is 11.6. The molecule has 0 atom stereocenters. The molecule has 24 heavy (non-hydrogen) atoms. The van der Waals surface area contributed by atoms with Crippen LogP contribution in [0.5, 0.6) is 0 Å². The van der Waals surface area contributed by atoms with Crippen molar-refractivity contribution in [3.05, 3.63) is 77.3 Å². The van der Waals surface area contributed by atoms with E-state index in [1.807, 2.05) is 0 Å². The summed E-state index contributed by atoms with van der Waals surface area (Å²) < 4.78 is 12.9. The van der Waals surface area contributed by atoms with Crippen LogP contribution >= 0.6 is 11.6 Å². The second-order valence-corrected chi connectivity index (χ2v) is 5.32. The van der Waals surface area contributed by atoms with Crippen LogP contribution in [0, 0.1) is 5.82 Å². The lowest BCUT2D eigenvalue weighted by molar-refractivity contribution is 0.102. The van der Waals surface area contributed by atoms with Gasteiger partial charge in [0, 0.05) is 22.3 Å². The Kier molecular flexibility index (Phi) is 4.67. The number of benzene rings is 2. The van der Waals surface area contributed by atoms with Crippen LogP contribution in [0.25, 0.3) is 0 Å². The van der Waals surface area contributed by atoms with Gasteiger partial charge in [-0.2, -0.15) is 0 Å². The van der Waals surface area contributed by atoms with E-state index >= 15 is 0 Å². The summed E-state index contributed by atoms with van der Waals surface area (Å²) in [5.41, 5.74) is 1.14. The fourth-order valence-corrected chi connectivity index (χ4v) is 2.09. The zero-order valence-electron chi connectivity index (χ0n) is 12.3. The average molecular weight is 343 g/mol. The molecule has 3 aromatic rings. The summed E-state index contributed by atoms with van der Waals surface area (Å²) in [4.78, 5) is 20.2. The minimum Gasteiger partial charge on any atom is -0.340 e. The van der Waals surface area contributed by atoms with Gasteiger partial charge in [-0.1, -0.05) is 11.6 Å². The Hall–Kier alpha value is -2.99. The van der Waals surface area contributed by atoms with E-state index in [1.165, 1.54) is 30.6 Å². The largest absolute Gasteiger partial charge is 0.340 e. The average Bonchev–Trinajstić information content (AvgIpc) is 2.58.